The van der Waals surface area contributed by atoms with Crippen LogP contribution in [0, 0.1) is 0 Å². The van der Waals surface area contributed by atoms with Crippen molar-refractivity contribution in [3.8, 4) is 0 Å². The smallest absolute Gasteiger partial charge is 0.390 e. The molecule has 0 aromatic heterocycles. The number of aliphatic hydroxyl groups excluding tert-OH is 1. The molecule has 3 nitrogen and oxygen atoms in total. The van der Waals surface area contributed by atoms with E-state index in [1.807, 2.05) is 4.74 Å². The van der Waals surface area contributed by atoms with Gasteiger partial charge in [0.05, 0.1) is 0 Å². The molecule has 0 aliphatic carbocycles. The standard InChI is InChI=1S/C8H3Cl2F13O3/c9-4(14,15)5(10,16)26-8(22,23)3(13,6(17,18)19)25-7(20,21)2(11,12)1-24/h24H,1H2. The lowest BCUT2D eigenvalue weighted by molar-refractivity contribution is -0.531. The molecule has 0 aliphatic rings. The maximum absolute atomic E-state index is 13.5. The zero-order valence-corrected chi connectivity index (χ0v) is 12.7. The molecule has 1 N–H and O–H groups in total. The fourth-order valence-corrected chi connectivity index (χ4v) is 1.05. The van der Waals surface area contributed by atoms with Crippen molar-refractivity contribution in [2.75, 3.05) is 6.61 Å². The monoisotopic (exact) mass is 464 g/mol. The van der Waals surface area contributed by atoms with E-state index in [2.05, 4.69) is 23.2 Å². The van der Waals surface area contributed by atoms with E-state index in [0.717, 1.165) is 0 Å². The summed E-state index contributed by atoms with van der Waals surface area (Å²) in [5.41, 5.74) is 0. The molecule has 2 atom stereocenters. The topological polar surface area (TPSA) is 38.7 Å². The van der Waals surface area contributed by atoms with E-state index in [-0.39, 0.29) is 0 Å². The quantitative estimate of drug-likeness (QED) is 0.416. The van der Waals surface area contributed by atoms with Crippen LogP contribution in [-0.2, 0) is 9.47 Å². The fraction of sp³-hybridized carbons (Fsp3) is 1.00. The van der Waals surface area contributed by atoms with Crippen molar-refractivity contribution < 1.29 is 71.7 Å². The molecule has 0 bridgehead atoms. The van der Waals surface area contributed by atoms with Gasteiger partial charge in [0, 0.05) is 0 Å². The second-order valence-electron chi connectivity index (χ2n) is 4.21. The van der Waals surface area contributed by atoms with E-state index in [9.17, 15) is 57.1 Å². The highest BCUT2D eigenvalue weighted by molar-refractivity contribution is 6.31. The molecule has 0 aliphatic heterocycles. The van der Waals surface area contributed by atoms with Crippen molar-refractivity contribution in [2.24, 2.45) is 0 Å². The molecule has 18 heteroatoms. The molecule has 0 radical (unpaired) electrons. The van der Waals surface area contributed by atoms with Gasteiger partial charge in [0.25, 0.3) is 0 Å². The molecule has 0 aromatic carbocycles. The number of hydrogen-bond donors (Lipinski definition) is 1. The second kappa shape index (κ2) is 6.86. The maximum atomic E-state index is 13.5. The maximum Gasteiger partial charge on any atom is 0.458 e. The third-order valence-electron chi connectivity index (χ3n) is 2.22. The molecule has 0 saturated carbocycles. The highest BCUT2D eigenvalue weighted by Crippen LogP contribution is 2.55. The molecule has 26 heavy (non-hydrogen) atoms. The number of halogens is 15. The second-order valence-corrected chi connectivity index (χ2v) is 5.17. The third kappa shape index (κ3) is 4.69. The molecule has 0 rings (SSSR count). The predicted molar refractivity (Wildman–Crippen MR) is 54.5 cm³/mol. The first kappa shape index (κ1) is 25.6. The van der Waals surface area contributed by atoms with Crippen molar-refractivity contribution in [3.63, 3.8) is 0 Å². The number of hydrogen-bond acceptors (Lipinski definition) is 3. The number of rotatable bonds is 8. The van der Waals surface area contributed by atoms with Crippen LogP contribution in [0.1, 0.15) is 0 Å². The van der Waals surface area contributed by atoms with Crippen molar-refractivity contribution in [2.45, 2.75) is 40.9 Å². The van der Waals surface area contributed by atoms with Crippen LogP contribution in [0.5, 0.6) is 0 Å². The molecule has 0 spiro atoms. The Balaban J connectivity index is 6.19. The van der Waals surface area contributed by atoms with E-state index in [4.69, 9.17) is 5.11 Å². The Kier molecular flexibility index (Phi) is 6.74. The Morgan fingerprint density at radius 3 is 1.31 bits per heavy atom. The molecule has 0 fully saturated rings. The van der Waals surface area contributed by atoms with Gasteiger partial charge in [-0.3, -0.25) is 9.47 Å². The molecular weight excluding hydrogens is 462 g/mol. The first-order valence-corrected chi connectivity index (χ1v) is 6.08. The minimum Gasteiger partial charge on any atom is -0.390 e. The largest absolute Gasteiger partial charge is 0.458 e. The minimum atomic E-state index is -7.42. The lowest BCUT2D eigenvalue weighted by Gasteiger charge is -2.39. The first-order chi connectivity index (χ1) is 11.0. The van der Waals surface area contributed by atoms with E-state index in [1.54, 1.807) is 4.74 Å². The summed E-state index contributed by atoms with van der Waals surface area (Å²) >= 11 is 7.70. The van der Waals surface area contributed by atoms with Gasteiger partial charge in [0.15, 0.2) is 0 Å². The van der Waals surface area contributed by atoms with Gasteiger partial charge in [-0.25, -0.2) is 0 Å². The molecule has 0 amide bonds. The van der Waals surface area contributed by atoms with Crippen LogP contribution in [0.4, 0.5) is 57.1 Å². The molecule has 2 unspecified atom stereocenters. The van der Waals surface area contributed by atoms with E-state index >= 15 is 0 Å². The SMILES string of the molecule is OCC(F)(F)C(F)(F)OC(F)(C(F)(F)F)C(F)(F)OC(F)(Cl)C(F)(F)Cl. The van der Waals surface area contributed by atoms with Crippen molar-refractivity contribution >= 4 is 23.2 Å². The number of alkyl halides is 15. The average Bonchev–Trinajstić information content (AvgIpc) is 2.33. The summed E-state index contributed by atoms with van der Waals surface area (Å²) in [5, 5.41) is -3.74. The minimum absolute atomic E-state index is 1.75. The van der Waals surface area contributed by atoms with E-state index < -0.39 is 47.5 Å². The summed E-state index contributed by atoms with van der Waals surface area (Å²) in [5.74, 6) is -13.5. The summed E-state index contributed by atoms with van der Waals surface area (Å²) in [6.07, 6.45) is -21.5. The number of aliphatic hydroxyl groups is 1. The highest BCUT2D eigenvalue weighted by atomic mass is 35.5. The van der Waals surface area contributed by atoms with Crippen LogP contribution in [0.25, 0.3) is 0 Å². The van der Waals surface area contributed by atoms with Gasteiger partial charge in [-0.2, -0.15) is 57.1 Å². The van der Waals surface area contributed by atoms with E-state index in [0.29, 0.717) is 0 Å². The van der Waals surface area contributed by atoms with Gasteiger partial charge >= 0.3 is 40.9 Å². The van der Waals surface area contributed by atoms with Gasteiger partial charge in [-0.1, -0.05) is 0 Å². The zero-order chi connectivity index (χ0) is 21.6. The summed E-state index contributed by atoms with van der Waals surface area (Å²) in [6.45, 7) is -3.04. The van der Waals surface area contributed by atoms with Crippen LogP contribution >= 0.6 is 23.2 Å². The summed E-state index contributed by atoms with van der Waals surface area (Å²) in [6, 6.07) is 0. The van der Waals surface area contributed by atoms with Gasteiger partial charge in [-0.05, 0) is 23.2 Å². The third-order valence-corrected chi connectivity index (χ3v) is 2.87. The van der Waals surface area contributed by atoms with E-state index in [1.165, 1.54) is 0 Å². The Morgan fingerprint density at radius 1 is 0.654 bits per heavy atom. The number of ether oxygens (including phenoxy) is 2. The van der Waals surface area contributed by atoms with Gasteiger partial charge < -0.3 is 5.11 Å². The Hall–Kier alpha value is -0.450. The lowest BCUT2D eigenvalue weighted by Crippen LogP contribution is -2.65. The fourth-order valence-electron chi connectivity index (χ4n) is 0.910. The van der Waals surface area contributed by atoms with Crippen LogP contribution in [0.2, 0.25) is 0 Å². The Bertz CT molecular complexity index is 503. The highest BCUT2D eigenvalue weighted by Gasteiger charge is 2.81. The average molecular weight is 465 g/mol. The zero-order valence-electron chi connectivity index (χ0n) is 11.1. The van der Waals surface area contributed by atoms with Crippen molar-refractivity contribution in [3.05, 3.63) is 0 Å². The summed E-state index contributed by atoms with van der Waals surface area (Å²) < 4.78 is 169. The predicted octanol–water partition coefficient (Wildman–Crippen LogP) is 4.75. The van der Waals surface area contributed by atoms with Crippen LogP contribution in [-0.4, -0.2) is 52.6 Å². The molecule has 0 aromatic rings. The summed E-state index contributed by atoms with van der Waals surface area (Å²) in [7, 11) is 0. The summed E-state index contributed by atoms with van der Waals surface area (Å²) in [4.78, 5) is 0. The Labute approximate surface area is 143 Å². The van der Waals surface area contributed by atoms with Crippen molar-refractivity contribution in [1.82, 2.24) is 0 Å². The normalized spacial score (nSPS) is 19.8. The van der Waals surface area contributed by atoms with Crippen LogP contribution in [0.15, 0.2) is 0 Å². The first-order valence-electron chi connectivity index (χ1n) is 5.32. The van der Waals surface area contributed by atoms with Gasteiger partial charge in [0.2, 0.25) is 0 Å². The molecular formula is C8H3Cl2F13O3. The molecule has 0 saturated heterocycles. The van der Waals surface area contributed by atoms with Crippen molar-refractivity contribution in [1.29, 1.82) is 0 Å². The lowest BCUT2D eigenvalue weighted by atomic mass is 10.2. The molecule has 158 valence electrons. The van der Waals surface area contributed by atoms with Gasteiger partial charge in [-0.15, -0.1) is 0 Å². The molecule has 0 heterocycles. The van der Waals surface area contributed by atoms with Crippen LogP contribution < -0.4 is 0 Å². The van der Waals surface area contributed by atoms with Crippen LogP contribution in [0.3, 0.4) is 0 Å². The van der Waals surface area contributed by atoms with Gasteiger partial charge in [0.1, 0.15) is 6.61 Å². The Morgan fingerprint density at radius 2 is 1.04 bits per heavy atom.